The van der Waals surface area contributed by atoms with E-state index in [1.807, 2.05) is 0 Å². The molecule has 2 heterocycles. The molecule has 1 aliphatic carbocycles. The molecule has 136 valence electrons. The van der Waals surface area contributed by atoms with Crippen molar-refractivity contribution in [2.45, 2.75) is 25.7 Å². The summed E-state index contributed by atoms with van der Waals surface area (Å²) >= 11 is 1.33. The fraction of sp³-hybridized carbons (Fsp3) is 0.421. The number of carboxylic acid groups (broad SMARTS) is 1. The molecule has 7 heteroatoms. The predicted octanol–water partition coefficient (Wildman–Crippen LogP) is 3.20. The summed E-state index contributed by atoms with van der Waals surface area (Å²) in [4.78, 5) is 30.5. The maximum absolute atomic E-state index is 13.8. The normalized spacial score (nSPS) is 24.7. The van der Waals surface area contributed by atoms with Crippen molar-refractivity contribution < 1.29 is 19.1 Å². The molecular formula is C19H19FN2O3S. The Balaban J connectivity index is 1.49. The molecule has 1 N–H and O–H groups in total. The molecule has 2 fully saturated rings. The van der Waals surface area contributed by atoms with Gasteiger partial charge < -0.3 is 10.0 Å². The number of fused-ring (bicyclic) bond motifs is 1. The number of thiazole rings is 1. The van der Waals surface area contributed by atoms with E-state index >= 15 is 0 Å². The van der Waals surface area contributed by atoms with Gasteiger partial charge in [0.15, 0.2) is 0 Å². The van der Waals surface area contributed by atoms with Crippen molar-refractivity contribution in [2.24, 2.45) is 11.3 Å². The third-order valence-corrected chi connectivity index (χ3v) is 6.50. The van der Waals surface area contributed by atoms with Crippen LogP contribution in [0.2, 0.25) is 0 Å². The molecule has 0 unspecified atom stereocenters. The van der Waals surface area contributed by atoms with Gasteiger partial charge in [0, 0.05) is 24.9 Å². The summed E-state index contributed by atoms with van der Waals surface area (Å²) in [6.45, 7) is 0.733. The first-order valence-electron chi connectivity index (χ1n) is 8.70. The molecule has 1 saturated carbocycles. The fourth-order valence-corrected chi connectivity index (χ4v) is 5.04. The van der Waals surface area contributed by atoms with Gasteiger partial charge in [-0.3, -0.25) is 9.59 Å². The molecule has 2 atom stereocenters. The van der Waals surface area contributed by atoms with Gasteiger partial charge in [0.25, 0.3) is 5.91 Å². The van der Waals surface area contributed by atoms with E-state index in [4.69, 9.17) is 0 Å². The third kappa shape index (κ3) is 2.80. The Bertz CT molecular complexity index is 868. The van der Waals surface area contributed by atoms with E-state index in [0.29, 0.717) is 35.7 Å². The summed E-state index contributed by atoms with van der Waals surface area (Å²) in [5, 5.41) is 12.0. The van der Waals surface area contributed by atoms with E-state index in [-0.39, 0.29) is 24.2 Å². The highest BCUT2D eigenvalue weighted by Gasteiger charge is 2.55. The second-order valence-electron chi connectivity index (χ2n) is 7.13. The zero-order chi connectivity index (χ0) is 18.3. The van der Waals surface area contributed by atoms with Crippen LogP contribution in [0.25, 0.3) is 0 Å². The summed E-state index contributed by atoms with van der Waals surface area (Å²) in [5.74, 6) is -1.28. The molecule has 1 saturated heterocycles. The Morgan fingerprint density at radius 2 is 2.19 bits per heavy atom. The van der Waals surface area contributed by atoms with Crippen LogP contribution in [0.4, 0.5) is 4.39 Å². The Labute approximate surface area is 154 Å². The summed E-state index contributed by atoms with van der Waals surface area (Å²) in [5.41, 5.74) is 0.0741. The number of nitrogens with zero attached hydrogens (tertiary/aromatic N) is 2. The average Bonchev–Trinajstić information content (AvgIpc) is 3.30. The number of likely N-dealkylation sites (tertiary alicyclic amines) is 1. The number of carboxylic acids is 1. The number of hydrogen-bond donors (Lipinski definition) is 1. The summed E-state index contributed by atoms with van der Waals surface area (Å²) < 4.78 is 13.8. The maximum Gasteiger partial charge on any atom is 0.311 e. The van der Waals surface area contributed by atoms with E-state index in [1.54, 1.807) is 28.5 Å². The molecule has 26 heavy (non-hydrogen) atoms. The quantitative estimate of drug-likeness (QED) is 0.892. The molecular weight excluding hydrogens is 355 g/mol. The fourth-order valence-electron chi connectivity index (χ4n) is 4.25. The first-order chi connectivity index (χ1) is 12.5. The van der Waals surface area contributed by atoms with Gasteiger partial charge in [-0.15, -0.1) is 11.3 Å². The van der Waals surface area contributed by atoms with Crippen LogP contribution in [-0.4, -0.2) is 40.0 Å². The number of aromatic nitrogens is 1. The molecule has 1 aromatic carbocycles. The van der Waals surface area contributed by atoms with Gasteiger partial charge in [-0.25, -0.2) is 9.37 Å². The predicted molar refractivity (Wildman–Crippen MR) is 94.6 cm³/mol. The van der Waals surface area contributed by atoms with Crippen LogP contribution < -0.4 is 0 Å². The van der Waals surface area contributed by atoms with Crippen LogP contribution in [0.15, 0.2) is 29.6 Å². The van der Waals surface area contributed by atoms with Crippen LogP contribution in [0.3, 0.4) is 0 Å². The standard InChI is InChI=1S/C19H19FN2O3S/c20-14-6-2-1-4-12(14)8-16-21-15(10-26-16)17(23)22-9-13-5-3-7-19(13,11-22)18(24)25/h1-2,4,6,10,13H,3,5,7-9,11H2,(H,24,25)/t13-,19+/m0/s1. The lowest BCUT2D eigenvalue weighted by molar-refractivity contribution is -0.149. The molecule has 0 radical (unpaired) electrons. The Morgan fingerprint density at radius 3 is 2.92 bits per heavy atom. The van der Waals surface area contributed by atoms with Gasteiger partial charge in [-0.1, -0.05) is 24.6 Å². The molecule has 1 amide bonds. The van der Waals surface area contributed by atoms with E-state index in [9.17, 15) is 19.1 Å². The number of aliphatic carboxylic acids is 1. The Hall–Kier alpha value is -2.28. The highest BCUT2D eigenvalue weighted by molar-refractivity contribution is 7.09. The molecule has 4 rings (SSSR count). The van der Waals surface area contributed by atoms with Gasteiger partial charge in [0.2, 0.25) is 0 Å². The first-order valence-corrected chi connectivity index (χ1v) is 9.58. The molecule has 2 aromatic rings. The minimum Gasteiger partial charge on any atom is -0.481 e. The van der Waals surface area contributed by atoms with E-state index in [0.717, 1.165) is 12.8 Å². The summed E-state index contributed by atoms with van der Waals surface area (Å²) in [6, 6.07) is 6.52. The lowest BCUT2D eigenvalue weighted by Gasteiger charge is -2.23. The molecule has 1 aliphatic heterocycles. The van der Waals surface area contributed by atoms with E-state index < -0.39 is 11.4 Å². The smallest absolute Gasteiger partial charge is 0.311 e. The molecule has 0 spiro atoms. The lowest BCUT2D eigenvalue weighted by atomic mass is 9.81. The minimum absolute atomic E-state index is 0.0282. The zero-order valence-electron chi connectivity index (χ0n) is 14.2. The number of halogens is 1. The van der Waals surface area contributed by atoms with Crippen molar-refractivity contribution in [1.29, 1.82) is 0 Å². The van der Waals surface area contributed by atoms with Gasteiger partial charge in [-0.05, 0) is 30.4 Å². The van der Waals surface area contributed by atoms with Crippen LogP contribution >= 0.6 is 11.3 Å². The number of carbonyl (C=O) groups is 2. The number of amides is 1. The minimum atomic E-state index is -0.797. The zero-order valence-corrected chi connectivity index (χ0v) is 15.0. The SMILES string of the molecule is O=C(c1csc(Cc2ccccc2F)n1)N1C[C@@H]2CCC[C@@]2(C(=O)O)C1. The lowest BCUT2D eigenvalue weighted by Crippen LogP contribution is -2.37. The average molecular weight is 374 g/mol. The highest BCUT2D eigenvalue weighted by atomic mass is 32.1. The third-order valence-electron chi connectivity index (χ3n) is 5.65. The van der Waals surface area contributed by atoms with Gasteiger partial charge in [-0.2, -0.15) is 0 Å². The topological polar surface area (TPSA) is 70.5 Å². The van der Waals surface area contributed by atoms with Crippen molar-refractivity contribution in [3.8, 4) is 0 Å². The second kappa shape index (κ2) is 6.46. The van der Waals surface area contributed by atoms with E-state index in [2.05, 4.69) is 4.98 Å². The molecule has 5 nitrogen and oxygen atoms in total. The van der Waals surface area contributed by atoms with Gasteiger partial charge >= 0.3 is 5.97 Å². The van der Waals surface area contributed by atoms with E-state index in [1.165, 1.54) is 17.4 Å². The summed E-state index contributed by atoms with van der Waals surface area (Å²) in [7, 11) is 0. The van der Waals surface area contributed by atoms with Crippen molar-refractivity contribution in [3.63, 3.8) is 0 Å². The molecule has 1 aromatic heterocycles. The van der Waals surface area contributed by atoms with Gasteiger partial charge in [0.1, 0.15) is 11.5 Å². The monoisotopic (exact) mass is 374 g/mol. The maximum atomic E-state index is 13.8. The largest absolute Gasteiger partial charge is 0.481 e. The molecule has 2 aliphatic rings. The Morgan fingerprint density at radius 1 is 1.38 bits per heavy atom. The number of carbonyl (C=O) groups excluding carboxylic acids is 1. The van der Waals surface area contributed by atoms with Crippen molar-refractivity contribution in [2.75, 3.05) is 13.1 Å². The van der Waals surface area contributed by atoms with Crippen molar-refractivity contribution in [3.05, 3.63) is 51.7 Å². The number of hydrogen-bond acceptors (Lipinski definition) is 4. The van der Waals surface area contributed by atoms with Crippen molar-refractivity contribution in [1.82, 2.24) is 9.88 Å². The highest BCUT2D eigenvalue weighted by Crippen LogP contribution is 2.49. The van der Waals surface area contributed by atoms with Crippen LogP contribution in [-0.2, 0) is 11.2 Å². The Kier molecular flexibility index (Phi) is 4.26. The van der Waals surface area contributed by atoms with Crippen LogP contribution in [0.1, 0.15) is 40.3 Å². The van der Waals surface area contributed by atoms with Crippen LogP contribution in [0.5, 0.6) is 0 Å². The number of benzene rings is 1. The molecule has 0 bridgehead atoms. The first kappa shape index (κ1) is 17.1. The van der Waals surface area contributed by atoms with Crippen molar-refractivity contribution >= 4 is 23.2 Å². The number of rotatable bonds is 4. The summed E-state index contributed by atoms with van der Waals surface area (Å²) in [6.07, 6.45) is 2.73. The van der Waals surface area contributed by atoms with Gasteiger partial charge in [0.05, 0.1) is 10.4 Å². The second-order valence-corrected chi connectivity index (χ2v) is 8.07. The van der Waals surface area contributed by atoms with Crippen LogP contribution in [0, 0.1) is 17.2 Å².